The highest BCUT2D eigenvalue weighted by Crippen LogP contribution is 2.21. The number of guanidine groups is 1. The molecule has 9 nitrogen and oxygen atoms in total. The van der Waals surface area contributed by atoms with Crippen LogP contribution < -0.4 is 15.8 Å². The van der Waals surface area contributed by atoms with Crippen molar-refractivity contribution in [3.05, 3.63) is 47.8 Å². The van der Waals surface area contributed by atoms with Gasteiger partial charge in [-0.05, 0) is 17.7 Å². The SMILES string of the molecule is CN=C(NCc1cccc(OCC(N)=O)c1)N1CCOC(c2cnn(C)c2)C1.I. The zero-order chi connectivity index (χ0) is 19.9. The highest BCUT2D eigenvalue weighted by molar-refractivity contribution is 14.0. The number of nitrogens with one attached hydrogen (secondary N) is 1. The maximum Gasteiger partial charge on any atom is 0.255 e. The molecule has 2 heterocycles. The third-order valence-electron chi connectivity index (χ3n) is 4.40. The van der Waals surface area contributed by atoms with Crippen LogP contribution in [0.3, 0.4) is 0 Å². The molecule has 0 saturated carbocycles. The number of benzene rings is 1. The van der Waals surface area contributed by atoms with Crippen molar-refractivity contribution >= 4 is 35.8 Å². The van der Waals surface area contributed by atoms with Crippen molar-refractivity contribution in [2.24, 2.45) is 17.8 Å². The molecule has 1 saturated heterocycles. The Labute approximate surface area is 187 Å². The van der Waals surface area contributed by atoms with E-state index in [1.165, 1.54) is 0 Å². The van der Waals surface area contributed by atoms with Crippen molar-refractivity contribution in [3.8, 4) is 5.75 Å². The van der Waals surface area contributed by atoms with Gasteiger partial charge in [-0.3, -0.25) is 14.5 Å². The summed E-state index contributed by atoms with van der Waals surface area (Å²) in [5.41, 5.74) is 7.19. The fourth-order valence-electron chi connectivity index (χ4n) is 3.06. The number of nitrogens with two attached hydrogens (primary N) is 1. The monoisotopic (exact) mass is 514 g/mol. The van der Waals surface area contributed by atoms with Gasteiger partial charge in [-0.15, -0.1) is 24.0 Å². The predicted octanol–water partition coefficient (Wildman–Crippen LogP) is 1.05. The maximum absolute atomic E-state index is 10.9. The van der Waals surface area contributed by atoms with E-state index in [0.717, 1.165) is 23.6 Å². The number of aliphatic imine (C=N–C) groups is 1. The number of primary amides is 1. The smallest absolute Gasteiger partial charge is 0.255 e. The highest BCUT2D eigenvalue weighted by atomic mass is 127. The minimum atomic E-state index is -0.501. The highest BCUT2D eigenvalue weighted by Gasteiger charge is 2.25. The van der Waals surface area contributed by atoms with E-state index in [1.807, 2.05) is 37.6 Å². The van der Waals surface area contributed by atoms with E-state index in [1.54, 1.807) is 17.8 Å². The molecular weight excluding hydrogens is 487 g/mol. The second-order valence-corrected chi connectivity index (χ2v) is 6.56. The van der Waals surface area contributed by atoms with Crippen molar-refractivity contribution in [3.63, 3.8) is 0 Å². The fourth-order valence-corrected chi connectivity index (χ4v) is 3.06. The van der Waals surface area contributed by atoms with Crippen LogP contribution in [0, 0.1) is 0 Å². The summed E-state index contributed by atoms with van der Waals surface area (Å²) >= 11 is 0. The number of hydrogen-bond donors (Lipinski definition) is 2. The van der Waals surface area contributed by atoms with E-state index in [9.17, 15) is 4.79 Å². The van der Waals surface area contributed by atoms with Crippen LogP contribution in [0.2, 0.25) is 0 Å². The molecule has 1 unspecified atom stereocenters. The molecule has 1 amide bonds. The lowest BCUT2D eigenvalue weighted by Gasteiger charge is -2.34. The van der Waals surface area contributed by atoms with Crippen LogP contribution in [0.15, 0.2) is 41.7 Å². The van der Waals surface area contributed by atoms with Crippen LogP contribution in [-0.2, 0) is 23.1 Å². The summed E-state index contributed by atoms with van der Waals surface area (Å²) in [5.74, 6) is 0.913. The molecule has 0 bridgehead atoms. The number of carbonyl (C=O) groups is 1. The van der Waals surface area contributed by atoms with Crippen molar-refractivity contribution in [2.75, 3.05) is 33.4 Å². The quantitative estimate of drug-likeness (QED) is 0.339. The largest absolute Gasteiger partial charge is 0.484 e. The van der Waals surface area contributed by atoms with E-state index >= 15 is 0 Å². The summed E-state index contributed by atoms with van der Waals surface area (Å²) in [5, 5.41) is 7.60. The van der Waals surface area contributed by atoms with Gasteiger partial charge in [0.2, 0.25) is 0 Å². The standard InChI is InChI=1S/C19H26N6O3.HI/c1-21-19(22-9-14-4-3-5-16(8-14)28-13-18(20)26)25-6-7-27-17(12-25)15-10-23-24(2)11-15;/h3-5,8,10-11,17H,6-7,9,12-13H2,1-2H3,(H2,20,26)(H,21,22);1H. The Bertz CT molecular complexity index is 841. The van der Waals surface area contributed by atoms with Crippen molar-refractivity contribution in [1.29, 1.82) is 0 Å². The van der Waals surface area contributed by atoms with Crippen LogP contribution in [0.5, 0.6) is 5.75 Å². The van der Waals surface area contributed by atoms with Crippen LogP contribution in [0.1, 0.15) is 17.2 Å². The molecule has 2 aromatic rings. The minimum Gasteiger partial charge on any atom is -0.484 e. The molecule has 158 valence electrons. The summed E-state index contributed by atoms with van der Waals surface area (Å²) in [4.78, 5) is 17.4. The van der Waals surface area contributed by atoms with Gasteiger partial charge >= 0.3 is 0 Å². The van der Waals surface area contributed by atoms with E-state index < -0.39 is 5.91 Å². The first-order valence-corrected chi connectivity index (χ1v) is 9.11. The van der Waals surface area contributed by atoms with Gasteiger partial charge < -0.3 is 25.4 Å². The Hall–Kier alpha value is -2.34. The lowest BCUT2D eigenvalue weighted by molar-refractivity contribution is -0.119. The van der Waals surface area contributed by atoms with Crippen molar-refractivity contribution in [2.45, 2.75) is 12.6 Å². The van der Waals surface area contributed by atoms with Gasteiger partial charge in [-0.25, -0.2) is 0 Å². The van der Waals surface area contributed by atoms with E-state index in [0.29, 0.717) is 25.4 Å². The Morgan fingerprint density at radius 2 is 2.31 bits per heavy atom. The molecule has 1 aromatic carbocycles. The molecule has 3 rings (SSSR count). The van der Waals surface area contributed by atoms with Crippen LogP contribution in [-0.4, -0.2) is 59.9 Å². The normalized spacial score (nSPS) is 16.8. The number of amides is 1. The maximum atomic E-state index is 10.9. The molecule has 0 aliphatic carbocycles. The lowest BCUT2D eigenvalue weighted by Crippen LogP contribution is -2.47. The number of hydrogen-bond acceptors (Lipinski definition) is 5. The first kappa shape index (κ1) is 22.9. The molecule has 1 aliphatic heterocycles. The van der Waals surface area contributed by atoms with E-state index in [2.05, 4.69) is 20.3 Å². The Balaban J connectivity index is 0.00000300. The summed E-state index contributed by atoms with van der Waals surface area (Å²) in [6, 6.07) is 7.53. The van der Waals surface area contributed by atoms with Crippen LogP contribution >= 0.6 is 24.0 Å². The number of carbonyl (C=O) groups excluding carboxylic acids is 1. The Morgan fingerprint density at radius 1 is 1.48 bits per heavy atom. The number of ether oxygens (including phenoxy) is 2. The van der Waals surface area contributed by atoms with Gasteiger partial charge in [0.1, 0.15) is 11.9 Å². The number of aromatic nitrogens is 2. The third kappa shape index (κ3) is 6.60. The van der Waals surface area contributed by atoms with E-state index in [-0.39, 0.29) is 36.7 Å². The van der Waals surface area contributed by atoms with Gasteiger partial charge in [0, 0.05) is 38.9 Å². The third-order valence-corrected chi connectivity index (χ3v) is 4.40. The number of morpholine rings is 1. The number of halogens is 1. The van der Waals surface area contributed by atoms with Crippen LogP contribution in [0.4, 0.5) is 0 Å². The first-order valence-electron chi connectivity index (χ1n) is 9.11. The zero-order valence-electron chi connectivity index (χ0n) is 16.6. The topological polar surface area (TPSA) is 107 Å². The summed E-state index contributed by atoms with van der Waals surface area (Å²) in [7, 11) is 3.66. The van der Waals surface area contributed by atoms with E-state index in [4.69, 9.17) is 15.2 Å². The van der Waals surface area contributed by atoms with Crippen LogP contribution in [0.25, 0.3) is 0 Å². The average molecular weight is 514 g/mol. The summed E-state index contributed by atoms with van der Waals surface area (Å²) < 4.78 is 13.0. The second kappa shape index (κ2) is 11.0. The fraction of sp³-hybridized carbons (Fsp3) is 0.421. The predicted molar refractivity (Wildman–Crippen MR) is 120 cm³/mol. The Kier molecular flexibility index (Phi) is 8.70. The summed E-state index contributed by atoms with van der Waals surface area (Å²) in [6.07, 6.45) is 3.77. The molecule has 10 heteroatoms. The Morgan fingerprint density at radius 3 is 3.00 bits per heavy atom. The van der Waals surface area contributed by atoms with Gasteiger partial charge in [0.05, 0.1) is 19.3 Å². The molecule has 29 heavy (non-hydrogen) atoms. The van der Waals surface area contributed by atoms with Gasteiger partial charge in [-0.2, -0.15) is 5.10 Å². The number of nitrogens with zero attached hydrogens (tertiary/aromatic N) is 4. The van der Waals surface area contributed by atoms with Gasteiger partial charge in [-0.1, -0.05) is 12.1 Å². The number of rotatable bonds is 6. The molecular formula is C19H27IN6O3. The molecule has 0 spiro atoms. The summed E-state index contributed by atoms with van der Waals surface area (Å²) in [6.45, 7) is 2.53. The molecule has 0 radical (unpaired) electrons. The van der Waals surface area contributed by atoms with Gasteiger partial charge in [0.15, 0.2) is 12.6 Å². The molecule has 1 atom stereocenters. The van der Waals surface area contributed by atoms with Crippen molar-refractivity contribution in [1.82, 2.24) is 20.0 Å². The minimum absolute atomic E-state index is 0. The molecule has 3 N–H and O–H groups in total. The zero-order valence-corrected chi connectivity index (χ0v) is 18.9. The van der Waals surface area contributed by atoms with Gasteiger partial charge in [0.25, 0.3) is 5.91 Å². The number of aryl methyl sites for hydroxylation is 1. The van der Waals surface area contributed by atoms with Crippen molar-refractivity contribution < 1.29 is 14.3 Å². The average Bonchev–Trinajstić information content (AvgIpc) is 3.14. The second-order valence-electron chi connectivity index (χ2n) is 6.56. The molecule has 1 fully saturated rings. The lowest BCUT2D eigenvalue weighted by atomic mass is 10.1. The first-order chi connectivity index (χ1) is 13.5. The molecule has 1 aliphatic rings. The molecule has 1 aromatic heterocycles.